The number of methoxy groups -OCH3 is 1. The monoisotopic (exact) mass is 237 g/mol. The minimum absolute atomic E-state index is 0.125. The first-order chi connectivity index (χ1) is 8.02. The smallest absolute Gasteiger partial charge is 0.322 e. The second kappa shape index (κ2) is 6.25. The zero-order valence-electron chi connectivity index (χ0n) is 10.5. The van der Waals surface area contributed by atoms with Crippen LogP contribution in [-0.4, -0.2) is 25.2 Å². The Morgan fingerprint density at radius 2 is 2.12 bits per heavy atom. The fourth-order valence-corrected chi connectivity index (χ4v) is 1.51. The van der Waals surface area contributed by atoms with Crippen molar-refractivity contribution in [1.82, 2.24) is 0 Å². The van der Waals surface area contributed by atoms with Gasteiger partial charge in [-0.2, -0.15) is 0 Å². The maximum atomic E-state index is 11.2. The van der Waals surface area contributed by atoms with Gasteiger partial charge in [-0.3, -0.25) is 4.79 Å². The highest BCUT2D eigenvalue weighted by Crippen LogP contribution is 2.16. The Balaban J connectivity index is 2.68. The van der Waals surface area contributed by atoms with Crippen molar-refractivity contribution in [3.63, 3.8) is 0 Å². The molecule has 94 valence electrons. The molecule has 0 heterocycles. The van der Waals surface area contributed by atoms with Crippen LogP contribution in [0, 0.1) is 0 Å². The SMILES string of the molecule is COC(=O)[C@@H](N)Cc1cccc(OC(C)C)c1. The van der Waals surface area contributed by atoms with Gasteiger partial charge in [0.05, 0.1) is 13.2 Å². The van der Waals surface area contributed by atoms with E-state index in [4.69, 9.17) is 10.5 Å². The lowest BCUT2D eigenvalue weighted by molar-refractivity contribution is -0.142. The van der Waals surface area contributed by atoms with Crippen LogP contribution < -0.4 is 10.5 Å². The third kappa shape index (κ3) is 4.44. The molecular weight excluding hydrogens is 218 g/mol. The second-order valence-corrected chi connectivity index (χ2v) is 4.15. The number of carbonyl (C=O) groups is 1. The van der Waals surface area contributed by atoms with E-state index in [0.29, 0.717) is 6.42 Å². The highest BCUT2D eigenvalue weighted by atomic mass is 16.5. The maximum absolute atomic E-state index is 11.2. The topological polar surface area (TPSA) is 61.5 Å². The fourth-order valence-electron chi connectivity index (χ4n) is 1.51. The van der Waals surface area contributed by atoms with Crippen LogP contribution in [0.5, 0.6) is 5.75 Å². The Morgan fingerprint density at radius 3 is 2.71 bits per heavy atom. The highest BCUT2D eigenvalue weighted by Gasteiger charge is 2.14. The van der Waals surface area contributed by atoms with Crippen molar-refractivity contribution in [2.45, 2.75) is 32.4 Å². The third-order valence-electron chi connectivity index (χ3n) is 2.23. The molecule has 2 N–H and O–H groups in total. The molecule has 0 saturated heterocycles. The van der Waals surface area contributed by atoms with Gasteiger partial charge in [-0.05, 0) is 38.0 Å². The van der Waals surface area contributed by atoms with Gasteiger partial charge in [-0.1, -0.05) is 12.1 Å². The molecule has 0 unspecified atom stereocenters. The Morgan fingerprint density at radius 1 is 1.41 bits per heavy atom. The van der Waals surface area contributed by atoms with Crippen molar-refractivity contribution in [3.05, 3.63) is 29.8 Å². The molecule has 1 aromatic rings. The molecule has 0 fully saturated rings. The number of ether oxygens (including phenoxy) is 2. The number of esters is 1. The predicted octanol–water partition coefficient (Wildman–Crippen LogP) is 1.52. The zero-order valence-corrected chi connectivity index (χ0v) is 10.5. The van der Waals surface area contributed by atoms with Crippen LogP contribution in [-0.2, 0) is 16.0 Å². The first-order valence-electron chi connectivity index (χ1n) is 5.62. The summed E-state index contributed by atoms with van der Waals surface area (Å²) in [6.07, 6.45) is 0.571. The molecule has 0 aliphatic carbocycles. The average Bonchev–Trinajstić information content (AvgIpc) is 2.27. The van der Waals surface area contributed by atoms with E-state index in [1.807, 2.05) is 38.1 Å². The fraction of sp³-hybridized carbons (Fsp3) is 0.462. The van der Waals surface area contributed by atoms with Crippen LogP contribution in [0.4, 0.5) is 0 Å². The first-order valence-corrected chi connectivity index (χ1v) is 5.62. The Hall–Kier alpha value is -1.55. The molecule has 1 aromatic carbocycles. The van der Waals surface area contributed by atoms with E-state index in [1.54, 1.807) is 0 Å². The van der Waals surface area contributed by atoms with Crippen LogP contribution in [0.15, 0.2) is 24.3 Å². The van der Waals surface area contributed by atoms with Crippen molar-refractivity contribution in [1.29, 1.82) is 0 Å². The minimum Gasteiger partial charge on any atom is -0.491 e. The lowest BCUT2D eigenvalue weighted by Crippen LogP contribution is -2.33. The molecule has 0 amide bonds. The summed E-state index contributed by atoms with van der Waals surface area (Å²) in [5, 5.41) is 0. The summed E-state index contributed by atoms with van der Waals surface area (Å²) in [6.45, 7) is 3.93. The lowest BCUT2D eigenvalue weighted by atomic mass is 10.1. The van der Waals surface area contributed by atoms with Crippen LogP contribution in [0.25, 0.3) is 0 Å². The lowest BCUT2D eigenvalue weighted by Gasteiger charge is -2.12. The highest BCUT2D eigenvalue weighted by molar-refractivity contribution is 5.75. The van der Waals surface area contributed by atoms with Gasteiger partial charge in [-0.25, -0.2) is 0 Å². The summed E-state index contributed by atoms with van der Waals surface area (Å²) in [6, 6.07) is 6.94. The van der Waals surface area contributed by atoms with Gasteiger partial charge >= 0.3 is 5.97 Å². The van der Waals surface area contributed by atoms with E-state index in [1.165, 1.54) is 7.11 Å². The maximum Gasteiger partial charge on any atom is 0.322 e. The third-order valence-corrected chi connectivity index (χ3v) is 2.23. The van der Waals surface area contributed by atoms with Gasteiger partial charge in [0, 0.05) is 0 Å². The molecule has 0 aromatic heterocycles. The van der Waals surface area contributed by atoms with Crippen LogP contribution >= 0.6 is 0 Å². The summed E-state index contributed by atoms with van der Waals surface area (Å²) in [4.78, 5) is 11.2. The van der Waals surface area contributed by atoms with Gasteiger partial charge < -0.3 is 15.2 Å². The predicted molar refractivity (Wildman–Crippen MR) is 65.9 cm³/mol. The number of benzene rings is 1. The number of nitrogens with two attached hydrogens (primary N) is 1. The normalized spacial score (nSPS) is 12.3. The summed E-state index contributed by atoms with van der Waals surface area (Å²) < 4.78 is 10.2. The van der Waals surface area contributed by atoms with Crippen molar-refractivity contribution >= 4 is 5.97 Å². The summed E-state index contributed by atoms with van der Waals surface area (Å²) in [7, 11) is 1.33. The van der Waals surface area contributed by atoms with Gasteiger partial charge in [-0.15, -0.1) is 0 Å². The molecule has 0 bridgehead atoms. The van der Waals surface area contributed by atoms with Crippen molar-refractivity contribution in [3.8, 4) is 5.75 Å². The molecule has 0 aliphatic rings. The summed E-state index contributed by atoms with van der Waals surface area (Å²) >= 11 is 0. The van der Waals surface area contributed by atoms with E-state index >= 15 is 0 Å². The Bertz CT molecular complexity index is 377. The largest absolute Gasteiger partial charge is 0.491 e. The van der Waals surface area contributed by atoms with E-state index in [9.17, 15) is 4.79 Å². The molecule has 1 rings (SSSR count). The van der Waals surface area contributed by atoms with Crippen molar-refractivity contribution in [2.75, 3.05) is 7.11 Å². The van der Waals surface area contributed by atoms with Crippen LogP contribution in [0.2, 0.25) is 0 Å². The Kier molecular flexibility index (Phi) is 4.97. The molecular formula is C13H19NO3. The standard InChI is InChI=1S/C13H19NO3/c1-9(2)17-11-6-4-5-10(7-11)8-12(14)13(15)16-3/h4-7,9,12H,8,14H2,1-3H3/t12-/m0/s1. The van der Waals surface area contributed by atoms with Crippen LogP contribution in [0.3, 0.4) is 0 Å². The van der Waals surface area contributed by atoms with E-state index in [2.05, 4.69) is 4.74 Å². The van der Waals surface area contributed by atoms with E-state index in [-0.39, 0.29) is 6.10 Å². The second-order valence-electron chi connectivity index (χ2n) is 4.15. The summed E-state index contributed by atoms with van der Waals surface area (Å²) in [5.74, 6) is 0.384. The number of rotatable bonds is 5. The van der Waals surface area contributed by atoms with Crippen LogP contribution in [0.1, 0.15) is 19.4 Å². The summed E-state index contributed by atoms with van der Waals surface area (Å²) in [5.41, 5.74) is 6.66. The minimum atomic E-state index is -0.630. The molecule has 0 saturated carbocycles. The zero-order chi connectivity index (χ0) is 12.8. The molecule has 0 radical (unpaired) electrons. The quantitative estimate of drug-likeness (QED) is 0.789. The van der Waals surface area contributed by atoms with Crippen molar-refractivity contribution in [2.24, 2.45) is 5.73 Å². The number of hydrogen-bond donors (Lipinski definition) is 1. The molecule has 0 spiro atoms. The average molecular weight is 237 g/mol. The molecule has 1 atom stereocenters. The van der Waals surface area contributed by atoms with Gasteiger partial charge in [0.1, 0.15) is 11.8 Å². The molecule has 4 nitrogen and oxygen atoms in total. The number of carbonyl (C=O) groups excluding carboxylic acids is 1. The molecule has 4 heteroatoms. The molecule has 0 aliphatic heterocycles. The van der Waals surface area contributed by atoms with E-state index < -0.39 is 12.0 Å². The van der Waals surface area contributed by atoms with E-state index in [0.717, 1.165) is 11.3 Å². The van der Waals surface area contributed by atoms with Gasteiger partial charge in [0.25, 0.3) is 0 Å². The molecule has 17 heavy (non-hydrogen) atoms. The Labute approximate surface area is 102 Å². The number of hydrogen-bond acceptors (Lipinski definition) is 4. The van der Waals surface area contributed by atoms with Crippen molar-refractivity contribution < 1.29 is 14.3 Å². The van der Waals surface area contributed by atoms with Gasteiger partial charge in [0.2, 0.25) is 0 Å². The first kappa shape index (κ1) is 13.5. The van der Waals surface area contributed by atoms with Gasteiger partial charge in [0.15, 0.2) is 0 Å².